The third-order valence-corrected chi connectivity index (χ3v) is 10.2. The van der Waals surface area contributed by atoms with Gasteiger partial charge in [-0.2, -0.15) is 0 Å². The van der Waals surface area contributed by atoms with Gasteiger partial charge in [0, 0.05) is 16.3 Å². The van der Waals surface area contributed by atoms with E-state index < -0.39 is 84.1 Å². The minimum absolute atomic E-state index is 0.0788. The van der Waals surface area contributed by atoms with Crippen molar-refractivity contribution in [2.24, 2.45) is 0 Å². The SMILES string of the molecule is [2H]c1c([2H])c([2H])c(-c2c3c([2H])c([2H])c([2H])c([2H])c3c(-c3ccc(-c4ccc5oc6c(-c7cccc8ccccc78)cccc6c5c4)c4ccccc34)c3c([2H])c([2H])c([2H])c([2H])c23)c([2H])c1[2H]. The van der Waals surface area contributed by atoms with Gasteiger partial charge in [0.1, 0.15) is 11.2 Å². The second-order valence-corrected chi connectivity index (χ2v) is 13.0. The maximum atomic E-state index is 9.43. The van der Waals surface area contributed by atoms with E-state index in [0.717, 1.165) is 54.8 Å². The molecule has 0 aliphatic rings. The van der Waals surface area contributed by atoms with Crippen LogP contribution in [0, 0.1) is 0 Å². The van der Waals surface area contributed by atoms with Gasteiger partial charge in [0.25, 0.3) is 0 Å². The summed E-state index contributed by atoms with van der Waals surface area (Å²) in [6.45, 7) is 0. The zero-order valence-electron chi connectivity index (χ0n) is 40.9. The van der Waals surface area contributed by atoms with Crippen LogP contribution in [0.4, 0.5) is 0 Å². The molecular formula is C52H32O. The Morgan fingerprint density at radius 2 is 0.906 bits per heavy atom. The van der Waals surface area contributed by atoms with E-state index in [4.69, 9.17) is 16.8 Å². The van der Waals surface area contributed by atoms with Gasteiger partial charge in [-0.3, -0.25) is 0 Å². The lowest BCUT2D eigenvalue weighted by molar-refractivity contribution is 0.670. The summed E-state index contributed by atoms with van der Waals surface area (Å²) >= 11 is 0. The summed E-state index contributed by atoms with van der Waals surface area (Å²) in [7, 11) is 0. The monoisotopic (exact) mass is 685 g/mol. The molecule has 0 N–H and O–H groups in total. The lowest BCUT2D eigenvalue weighted by Crippen LogP contribution is -1.92. The van der Waals surface area contributed by atoms with Gasteiger partial charge in [0.05, 0.1) is 17.8 Å². The van der Waals surface area contributed by atoms with Crippen molar-refractivity contribution in [1.29, 1.82) is 0 Å². The van der Waals surface area contributed by atoms with Crippen LogP contribution in [0.1, 0.15) is 17.8 Å². The Hall–Kier alpha value is -6.96. The normalized spacial score (nSPS) is 15.2. The van der Waals surface area contributed by atoms with E-state index in [2.05, 4.69) is 36.4 Å². The first-order valence-electron chi connectivity index (χ1n) is 23.7. The van der Waals surface area contributed by atoms with E-state index in [9.17, 15) is 5.48 Å². The first-order valence-corrected chi connectivity index (χ1v) is 17.2. The maximum absolute atomic E-state index is 9.43. The van der Waals surface area contributed by atoms with E-state index in [1.807, 2.05) is 72.8 Å². The second-order valence-electron chi connectivity index (χ2n) is 13.0. The molecule has 10 aromatic carbocycles. The van der Waals surface area contributed by atoms with Gasteiger partial charge in [0.2, 0.25) is 0 Å². The molecule has 0 saturated heterocycles. The predicted molar refractivity (Wildman–Crippen MR) is 225 cm³/mol. The molecule has 0 spiro atoms. The molecule has 0 atom stereocenters. The Morgan fingerprint density at radius 3 is 1.66 bits per heavy atom. The van der Waals surface area contributed by atoms with Crippen molar-refractivity contribution >= 4 is 65.0 Å². The van der Waals surface area contributed by atoms with E-state index in [-0.39, 0.29) is 32.7 Å². The number of furan rings is 1. The zero-order chi connectivity index (χ0) is 46.2. The van der Waals surface area contributed by atoms with Crippen molar-refractivity contribution in [1.82, 2.24) is 0 Å². The van der Waals surface area contributed by atoms with Crippen molar-refractivity contribution in [2.75, 3.05) is 0 Å². The Bertz CT molecular complexity index is 3870. The van der Waals surface area contributed by atoms with Crippen LogP contribution in [0.5, 0.6) is 0 Å². The number of fused-ring (bicyclic) bond motifs is 7. The Labute approximate surface area is 325 Å². The quantitative estimate of drug-likeness (QED) is 0.168. The van der Waals surface area contributed by atoms with Gasteiger partial charge in [-0.25, -0.2) is 0 Å². The van der Waals surface area contributed by atoms with E-state index in [1.165, 1.54) is 0 Å². The smallest absolute Gasteiger partial charge is 0.143 e. The van der Waals surface area contributed by atoms with Crippen LogP contribution in [0.3, 0.4) is 0 Å². The van der Waals surface area contributed by atoms with E-state index in [1.54, 1.807) is 6.07 Å². The predicted octanol–water partition coefficient (Wildman–Crippen LogP) is 14.9. The second kappa shape index (κ2) is 11.8. The molecule has 0 aliphatic heterocycles. The fraction of sp³-hybridized carbons (Fsp3) is 0. The van der Waals surface area contributed by atoms with Crippen LogP contribution in [-0.4, -0.2) is 0 Å². The third kappa shape index (κ3) is 4.58. The molecule has 11 rings (SSSR count). The summed E-state index contributed by atoms with van der Waals surface area (Å²) in [6, 6.07) is 29.3. The van der Waals surface area contributed by atoms with Gasteiger partial charge >= 0.3 is 0 Å². The topological polar surface area (TPSA) is 13.1 Å². The first-order chi connectivity index (χ1) is 31.7. The van der Waals surface area contributed by atoms with Crippen molar-refractivity contribution in [3.8, 4) is 44.5 Å². The van der Waals surface area contributed by atoms with E-state index in [0.29, 0.717) is 16.5 Å². The van der Waals surface area contributed by atoms with Crippen molar-refractivity contribution in [3.05, 3.63) is 194 Å². The molecule has 0 radical (unpaired) electrons. The van der Waals surface area contributed by atoms with Crippen LogP contribution < -0.4 is 0 Å². The highest BCUT2D eigenvalue weighted by Crippen LogP contribution is 2.47. The highest BCUT2D eigenvalue weighted by molar-refractivity contribution is 6.24. The van der Waals surface area contributed by atoms with Crippen LogP contribution in [0.25, 0.3) is 110 Å². The lowest BCUT2D eigenvalue weighted by Gasteiger charge is -2.19. The molecule has 11 aromatic rings. The number of hydrogen-bond acceptors (Lipinski definition) is 1. The van der Waals surface area contributed by atoms with Gasteiger partial charge in [-0.1, -0.05) is 182 Å². The maximum Gasteiger partial charge on any atom is 0.143 e. The number of para-hydroxylation sites is 1. The van der Waals surface area contributed by atoms with Crippen molar-refractivity contribution < 1.29 is 22.2 Å². The number of hydrogen-bond donors (Lipinski definition) is 0. The van der Waals surface area contributed by atoms with Crippen LogP contribution >= 0.6 is 0 Å². The lowest BCUT2D eigenvalue weighted by atomic mass is 9.84. The van der Waals surface area contributed by atoms with Crippen LogP contribution in [0.2, 0.25) is 0 Å². The fourth-order valence-electron chi connectivity index (χ4n) is 7.93. The van der Waals surface area contributed by atoms with Crippen molar-refractivity contribution in [2.45, 2.75) is 0 Å². The van der Waals surface area contributed by atoms with Crippen molar-refractivity contribution in [3.63, 3.8) is 0 Å². The molecule has 1 nitrogen and oxygen atoms in total. The molecule has 0 amide bonds. The summed E-state index contributed by atoms with van der Waals surface area (Å²) in [5.41, 5.74) is 4.82. The van der Waals surface area contributed by atoms with Gasteiger partial charge in [-0.15, -0.1) is 0 Å². The summed E-state index contributed by atoms with van der Waals surface area (Å²) in [6.07, 6.45) is 0. The standard InChI is InChI=1S/C52H32O/c1-2-15-34(16-3-1)50-41-21-8-10-23-43(41)51(44-24-11-9-22-42(44)50)45-30-29-37(38-19-6-7-20-40(38)45)35-28-31-49-48(32-35)47-27-13-26-46(52(47)53-49)39-25-12-17-33-14-4-5-18-36(33)39/h1-32H/i1D,2D,3D,8D,9D,10D,11D,15D,16D,21D,22D,23D,24D. The molecule has 0 unspecified atom stereocenters. The zero-order valence-corrected chi connectivity index (χ0v) is 27.9. The highest BCUT2D eigenvalue weighted by atomic mass is 16.3. The fourth-order valence-corrected chi connectivity index (χ4v) is 7.93. The Balaban J connectivity index is 1.22. The van der Waals surface area contributed by atoms with Crippen LogP contribution in [0.15, 0.2) is 198 Å². The van der Waals surface area contributed by atoms with Crippen LogP contribution in [-0.2, 0) is 0 Å². The molecule has 1 heteroatoms. The molecule has 1 heterocycles. The Kier molecular flexibility index (Phi) is 4.36. The minimum atomic E-state index is -0.716. The Morgan fingerprint density at radius 1 is 0.340 bits per heavy atom. The number of benzene rings is 10. The summed E-state index contributed by atoms with van der Waals surface area (Å²) in [5.74, 6) is 0. The van der Waals surface area contributed by atoms with E-state index >= 15 is 0 Å². The summed E-state index contributed by atoms with van der Waals surface area (Å²) in [5, 5.41) is 4.62. The summed E-state index contributed by atoms with van der Waals surface area (Å²) < 4.78 is 123. The van der Waals surface area contributed by atoms with Gasteiger partial charge in [0.15, 0.2) is 0 Å². The molecule has 53 heavy (non-hydrogen) atoms. The molecule has 1 aromatic heterocycles. The number of rotatable bonds is 4. The highest BCUT2D eigenvalue weighted by Gasteiger charge is 2.20. The molecule has 0 bridgehead atoms. The molecular weight excluding hydrogens is 641 g/mol. The molecule has 0 saturated carbocycles. The van der Waals surface area contributed by atoms with Gasteiger partial charge < -0.3 is 4.42 Å². The minimum Gasteiger partial charge on any atom is -0.455 e. The largest absolute Gasteiger partial charge is 0.455 e. The average Bonchev–Trinajstić information content (AvgIpc) is 3.72. The molecule has 246 valence electrons. The third-order valence-electron chi connectivity index (χ3n) is 10.2. The van der Waals surface area contributed by atoms with Gasteiger partial charge in [-0.05, 0) is 94.2 Å². The summed E-state index contributed by atoms with van der Waals surface area (Å²) in [4.78, 5) is 0. The first kappa shape index (κ1) is 19.6. The molecule has 0 aliphatic carbocycles. The molecule has 0 fully saturated rings. The average molecular weight is 686 g/mol.